The molecule has 2 heterocycles. The number of hydrogen-bond donors (Lipinski definition) is 1. The average Bonchev–Trinajstić information content (AvgIpc) is 3.21. The van der Waals surface area contributed by atoms with E-state index in [9.17, 15) is 4.79 Å². The van der Waals surface area contributed by atoms with Crippen LogP contribution in [0.3, 0.4) is 0 Å². The van der Waals surface area contributed by atoms with Gasteiger partial charge in [-0.3, -0.25) is 10.1 Å². The largest absolute Gasteiger partial charge is 0.371 e. The summed E-state index contributed by atoms with van der Waals surface area (Å²) in [6.45, 7) is 12.8. The van der Waals surface area contributed by atoms with Gasteiger partial charge in [0.15, 0.2) is 0 Å². The Balaban J connectivity index is 1.79. The third-order valence-corrected chi connectivity index (χ3v) is 5.02. The number of carbonyl (C=O) groups excluding carboxylic acids is 1. The van der Waals surface area contributed by atoms with E-state index in [2.05, 4.69) is 15.4 Å². The molecule has 0 bridgehead atoms. The second-order valence-corrected chi connectivity index (χ2v) is 9.98. The van der Waals surface area contributed by atoms with Gasteiger partial charge in [-0.25, -0.2) is 0 Å². The van der Waals surface area contributed by atoms with Crippen molar-refractivity contribution in [3.05, 3.63) is 41.0 Å². The summed E-state index contributed by atoms with van der Waals surface area (Å²) in [6, 6.07) is 8.91. The van der Waals surface area contributed by atoms with Crippen LogP contribution in [-0.4, -0.2) is 35.4 Å². The van der Waals surface area contributed by atoms with Gasteiger partial charge in [-0.15, -0.1) is 0 Å². The number of carbonyl (C=O) groups is 1. The van der Waals surface area contributed by atoms with E-state index in [0.29, 0.717) is 23.9 Å². The molecule has 1 aromatic carbocycles. The van der Waals surface area contributed by atoms with Crippen molar-refractivity contribution in [3.8, 4) is 0 Å². The van der Waals surface area contributed by atoms with Crippen LogP contribution in [0.5, 0.6) is 0 Å². The van der Waals surface area contributed by atoms with E-state index < -0.39 is 0 Å². The molecule has 0 spiro atoms. The highest BCUT2D eigenvalue weighted by atomic mass is 35.5. The van der Waals surface area contributed by atoms with Crippen molar-refractivity contribution in [1.82, 2.24) is 5.16 Å². The van der Waals surface area contributed by atoms with Crippen LogP contribution in [0.2, 0.25) is 5.02 Å². The highest BCUT2D eigenvalue weighted by Crippen LogP contribution is 2.31. The summed E-state index contributed by atoms with van der Waals surface area (Å²) in [5, 5.41) is 7.61. The van der Waals surface area contributed by atoms with Gasteiger partial charge in [0, 0.05) is 35.2 Å². The minimum atomic E-state index is -0.383. The van der Waals surface area contributed by atoms with E-state index in [4.69, 9.17) is 20.9 Å². The van der Waals surface area contributed by atoms with Gasteiger partial charge in [0.05, 0.1) is 17.4 Å². The number of halogens is 1. The Kier molecular flexibility index (Phi) is 5.97. The van der Waals surface area contributed by atoms with Crippen molar-refractivity contribution >= 4 is 29.1 Å². The fourth-order valence-corrected chi connectivity index (χ4v) is 3.57. The van der Waals surface area contributed by atoms with Crippen LogP contribution >= 0.6 is 11.6 Å². The van der Waals surface area contributed by atoms with E-state index in [1.54, 1.807) is 6.07 Å². The summed E-state index contributed by atoms with van der Waals surface area (Å²) in [5.74, 6) is 0.215. The summed E-state index contributed by atoms with van der Waals surface area (Å²) in [7, 11) is 0. The quantitative estimate of drug-likeness (QED) is 0.752. The topological polar surface area (TPSA) is 67.6 Å². The van der Waals surface area contributed by atoms with Crippen molar-refractivity contribution in [2.24, 2.45) is 0 Å². The summed E-state index contributed by atoms with van der Waals surface area (Å²) < 4.78 is 11.5. The van der Waals surface area contributed by atoms with Crippen molar-refractivity contribution in [2.75, 3.05) is 16.8 Å². The highest BCUT2D eigenvalue weighted by Gasteiger charge is 2.39. The molecule has 6 nitrogen and oxygen atoms in total. The van der Waals surface area contributed by atoms with E-state index in [1.807, 2.05) is 65.8 Å². The van der Waals surface area contributed by atoms with E-state index >= 15 is 0 Å². The van der Waals surface area contributed by atoms with Gasteiger partial charge >= 0.3 is 0 Å². The fourth-order valence-electron chi connectivity index (χ4n) is 3.44. The molecule has 0 saturated carbocycles. The number of benzene rings is 1. The number of ether oxygens (including phenoxy) is 1. The molecule has 3 rings (SSSR count). The molecule has 7 heteroatoms. The molecule has 1 aliphatic heterocycles. The lowest BCUT2D eigenvalue weighted by molar-refractivity contribution is -0.118. The molecular formula is C22H30ClN3O3. The standard InChI is InChI=1S/C22H30ClN3O3/c1-21(2,3)18-12-19(29-25-18)24-20(27)17-11-16(28-22(4,5)6)13-26(17)15-9-7-14(23)8-10-15/h7-10,12,16-17H,11,13H2,1-6H3,(H,24,27)/t16-,17+/m1/s1. The highest BCUT2D eigenvalue weighted by molar-refractivity contribution is 6.30. The van der Waals surface area contributed by atoms with Gasteiger partial charge in [-0.2, -0.15) is 0 Å². The summed E-state index contributed by atoms with van der Waals surface area (Å²) in [6.07, 6.45) is 0.535. The number of nitrogens with one attached hydrogen (secondary N) is 1. The lowest BCUT2D eigenvalue weighted by atomic mass is 9.92. The molecular weight excluding hydrogens is 390 g/mol. The number of nitrogens with zero attached hydrogens (tertiary/aromatic N) is 2. The number of aromatic nitrogens is 1. The second kappa shape index (κ2) is 8.00. The van der Waals surface area contributed by atoms with Crippen LogP contribution < -0.4 is 10.2 Å². The average molecular weight is 420 g/mol. The number of hydrogen-bond acceptors (Lipinski definition) is 5. The van der Waals surface area contributed by atoms with E-state index in [1.165, 1.54) is 0 Å². The first-order valence-electron chi connectivity index (χ1n) is 9.90. The van der Waals surface area contributed by atoms with Crippen LogP contribution in [0.4, 0.5) is 11.6 Å². The summed E-state index contributed by atoms with van der Waals surface area (Å²) >= 11 is 6.04. The van der Waals surface area contributed by atoms with Gasteiger partial charge in [0.2, 0.25) is 11.8 Å². The monoisotopic (exact) mass is 419 g/mol. The number of rotatable bonds is 4. The number of amides is 1. The van der Waals surface area contributed by atoms with Gasteiger partial charge in [-0.05, 0) is 45.0 Å². The third kappa shape index (κ3) is 5.52. The zero-order chi connectivity index (χ0) is 21.4. The predicted octanol–water partition coefficient (Wildman–Crippen LogP) is 5.03. The van der Waals surface area contributed by atoms with Crippen LogP contribution in [0, 0.1) is 0 Å². The van der Waals surface area contributed by atoms with Crippen molar-refractivity contribution in [2.45, 2.75) is 71.1 Å². The maximum Gasteiger partial charge on any atom is 0.249 e. The van der Waals surface area contributed by atoms with Crippen LogP contribution in [0.25, 0.3) is 0 Å². The Bertz CT molecular complexity index is 849. The molecule has 158 valence electrons. The predicted molar refractivity (Wildman–Crippen MR) is 116 cm³/mol. The Hall–Kier alpha value is -2.05. The maximum absolute atomic E-state index is 13.1. The van der Waals surface area contributed by atoms with Gasteiger partial charge < -0.3 is 14.2 Å². The lowest BCUT2D eigenvalue weighted by Crippen LogP contribution is -2.39. The first-order chi connectivity index (χ1) is 13.4. The second-order valence-electron chi connectivity index (χ2n) is 9.55. The van der Waals surface area contributed by atoms with Gasteiger partial charge in [-0.1, -0.05) is 37.5 Å². The van der Waals surface area contributed by atoms with Gasteiger partial charge in [0.1, 0.15) is 6.04 Å². The minimum Gasteiger partial charge on any atom is -0.371 e. The maximum atomic E-state index is 13.1. The normalized spacial score (nSPS) is 20.2. The number of anilines is 2. The lowest BCUT2D eigenvalue weighted by Gasteiger charge is -2.26. The fraction of sp³-hybridized carbons (Fsp3) is 0.545. The summed E-state index contributed by atoms with van der Waals surface area (Å²) in [5.41, 5.74) is 1.29. The van der Waals surface area contributed by atoms with Crippen molar-refractivity contribution in [3.63, 3.8) is 0 Å². The Labute approximate surface area is 177 Å². The minimum absolute atomic E-state index is 0.0544. The van der Waals surface area contributed by atoms with Crippen molar-refractivity contribution < 1.29 is 14.1 Å². The molecule has 1 amide bonds. The molecule has 2 atom stereocenters. The Morgan fingerprint density at radius 1 is 1.21 bits per heavy atom. The zero-order valence-electron chi connectivity index (χ0n) is 18.0. The molecule has 1 saturated heterocycles. The van der Waals surface area contributed by atoms with Crippen molar-refractivity contribution in [1.29, 1.82) is 0 Å². The van der Waals surface area contributed by atoms with Crippen LogP contribution in [0.15, 0.2) is 34.9 Å². The Morgan fingerprint density at radius 3 is 2.41 bits per heavy atom. The van der Waals surface area contributed by atoms with Crippen LogP contribution in [0.1, 0.15) is 53.7 Å². The third-order valence-electron chi connectivity index (χ3n) is 4.77. The SMILES string of the molecule is CC(C)(C)O[C@@H]1C[C@@H](C(=O)Nc2cc(C(C)(C)C)no2)N(c2ccc(Cl)cc2)C1. The molecule has 29 heavy (non-hydrogen) atoms. The molecule has 1 N–H and O–H groups in total. The van der Waals surface area contributed by atoms with E-state index in [-0.39, 0.29) is 29.1 Å². The molecule has 0 aliphatic carbocycles. The van der Waals surface area contributed by atoms with E-state index in [0.717, 1.165) is 11.4 Å². The first kappa shape index (κ1) is 21.7. The van der Waals surface area contributed by atoms with Crippen LogP contribution in [-0.2, 0) is 14.9 Å². The molecule has 1 fully saturated rings. The smallest absolute Gasteiger partial charge is 0.249 e. The van der Waals surface area contributed by atoms with Gasteiger partial charge in [0.25, 0.3) is 0 Å². The molecule has 0 unspecified atom stereocenters. The summed E-state index contributed by atoms with van der Waals surface area (Å²) in [4.78, 5) is 15.2. The zero-order valence-corrected chi connectivity index (χ0v) is 18.7. The molecule has 1 aliphatic rings. The molecule has 2 aromatic rings. The first-order valence-corrected chi connectivity index (χ1v) is 10.3. The Morgan fingerprint density at radius 2 is 1.86 bits per heavy atom. The molecule has 1 aromatic heterocycles. The molecule has 0 radical (unpaired) electrons.